The molecule has 6 N–H and O–H groups in total. The van der Waals surface area contributed by atoms with Gasteiger partial charge in [0.25, 0.3) is 5.91 Å². The first-order valence-corrected chi connectivity index (χ1v) is 11.0. The Morgan fingerprint density at radius 2 is 1.74 bits per heavy atom. The number of hydrogen-bond acceptors (Lipinski definition) is 5. The zero-order valence-corrected chi connectivity index (χ0v) is 17.4. The predicted octanol–water partition coefficient (Wildman–Crippen LogP) is 2.22. The molecule has 2 amide bonds. The van der Waals surface area contributed by atoms with Gasteiger partial charge in [-0.05, 0) is 73.6 Å². The third-order valence-corrected chi connectivity index (χ3v) is 7.41. The molecule has 0 radical (unpaired) electrons. The molecule has 7 heteroatoms. The fraction of sp³-hybridized carbons (Fsp3) is 0.458. The van der Waals surface area contributed by atoms with E-state index in [1.807, 2.05) is 18.2 Å². The number of primary amides is 2. The highest BCUT2D eigenvalue weighted by Crippen LogP contribution is 2.56. The molecule has 2 aromatic rings. The average molecular weight is 421 g/mol. The second-order valence-electron chi connectivity index (χ2n) is 9.69. The van der Waals surface area contributed by atoms with Gasteiger partial charge in [0.05, 0.1) is 16.9 Å². The third-order valence-electron chi connectivity index (χ3n) is 7.41. The fourth-order valence-electron chi connectivity index (χ4n) is 6.30. The molecule has 4 bridgehead atoms. The lowest BCUT2D eigenvalue weighted by atomic mass is 9.52. The Kier molecular flexibility index (Phi) is 4.73. The lowest BCUT2D eigenvalue weighted by molar-refractivity contribution is -0.129. The van der Waals surface area contributed by atoms with Crippen molar-refractivity contribution < 1.29 is 14.7 Å². The molecule has 4 aliphatic rings. The molecule has 4 fully saturated rings. The number of nitrogens with zero attached hydrogens (tertiary/aromatic N) is 1. The van der Waals surface area contributed by atoms with Gasteiger partial charge in [-0.3, -0.25) is 14.6 Å². The van der Waals surface area contributed by atoms with Gasteiger partial charge in [-0.15, -0.1) is 0 Å². The number of nitrogens with two attached hydrogens (primary N) is 2. The number of aliphatic hydroxyl groups is 1. The van der Waals surface area contributed by atoms with Gasteiger partial charge in [0.2, 0.25) is 5.91 Å². The van der Waals surface area contributed by atoms with Crippen LogP contribution in [0.2, 0.25) is 0 Å². The van der Waals surface area contributed by atoms with E-state index >= 15 is 0 Å². The van der Waals surface area contributed by atoms with E-state index in [0.29, 0.717) is 35.3 Å². The van der Waals surface area contributed by atoms with Crippen LogP contribution in [0.1, 0.15) is 64.1 Å². The minimum atomic E-state index is -0.505. The third kappa shape index (κ3) is 3.78. The molecule has 1 aromatic carbocycles. The van der Waals surface area contributed by atoms with Gasteiger partial charge < -0.3 is 21.9 Å². The second kappa shape index (κ2) is 7.34. The molecule has 0 spiro atoms. The zero-order chi connectivity index (χ0) is 21.8. The van der Waals surface area contributed by atoms with Gasteiger partial charge in [-0.1, -0.05) is 12.1 Å². The minimum Gasteiger partial charge on any atom is -0.390 e. The summed E-state index contributed by atoms with van der Waals surface area (Å²) in [5, 5.41) is 14.5. The quantitative estimate of drug-likeness (QED) is 0.569. The van der Waals surface area contributed by atoms with E-state index in [4.69, 9.17) is 11.5 Å². The Morgan fingerprint density at radius 1 is 1.06 bits per heavy atom. The van der Waals surface area contributed by atoms with E-state index < -0.39 is 17.4 Å². The molecule has 4 aliphatic carbocycles. The first kappa shape index (κ1) is 20.0. The Morgan fingerprint density at radius 3 is 2.32 bits per heavy atom. The molecule has 1 heterocycles. The first-order valence-electron chi connectivity index (χ1n) is 11.0. The molecule has 5 atom stereocenters. The number of amides is 2. The molecule has 7 nitrogen and oxygen atoms in total. The van der Waals surface area contributed by atoms with Crippen molar-refractivity contribution in [2.75, 3.05) is 5.32 Å². The maximum Gasteiger partial charge on any atom is 0.252 e. The number of anilines is 1. The van der Waals surface area contributed by atoms with Crippen LogP contribution in [0.25, 0.3) is 0 Å². The van der Waals surface area contributed by atoms with E-state index in [1.165, 1.54) is 0 Å². The molecule has 3 unspecified atom stereocenters. The minimum absolute atomic E-state index is 0.236. The Bertz CT molecular complexity index is 1020. The van der Waals surface area contributed by atoms with Crippen LogP contribution in [0.5, 0.6) is 0 Å². The maximum absolute atomic E-state index is 12.0. The van der Waals surface area contributed by atoms with Crippen LogP contribution < -0.4 is 16.8 Å². The summed E-state index contributed by atoms with van der Waals surface area (Å²) in [5.41, 5.74) is 13.8. The number of aromatic nitrogens is 1. The van der Waals surface area contributed by atoms with Crippen molar-refractivity contribution in [3.8, 4) is 0 Å². The molecule has 1 aromatic heterocycles. The average Bonchev–Trinajstić information content (AvgIpc) is 2.70. The van der Waals surface area contributed by atoms with Crippen molar-refractivity contribution in [1.82, 2.24) is 4.98 Å². The molecule has 0 aliphatic heterocycles. The maximum atomic E-state index is 12.0. The Labute approximate surface area is 181 Å². The van der Waals surface area contributed by atoms with Gasteiger partial charge in [0, 0.05) is 29.9 Å². The van der Waals surface area contributed by atoms with Crippen LogP contribution >= 0.6 is 0 Å². The van der Waals surface area contributed by atoms with Crippen LogP contribution in [0, 0.1) is 17.8 Å². The summed E-state index contributed by atoms with van der Waals surface area (Å²) in [4.78, 5) is 27.8. The highest BCUT2D eigenvalue weighted by Gasteiger charge is 2.54. The summed E-state index contributed by atoms with van der Waals surface area (Å²) in [7, 11) is 0. The summed E-state index contributed by atoms with van der Waals surface area (Å²) in [5.74, 6) is 0.481. The van der Waals surface area contributed by atoms with E-state index in [-0.39, 0.29) is 6.04 Å². The van der Waals surface area contributed by atoms with Gasteiger partial charge >= 0.3 is 0 Å². The Balaban J connectivity index is 1.39. The topological polar surface area (TPSA) is 131 Å². The molecule has 4 saturated carbocycles. The highest BCUT2D eigenvalue weighted by atomic mass is 16.3. The number of hydrogen-bond donors (Lipinski definition) is 4. The standard InChI is InChI=1S/C24H28N4O3/c25-22(29)15-3-1-13(2-4-15)7-18-8-20(19(12-27-18)23(26)30)28-21-16-5-14-6-17(21)11-24(31,9-14)10-16/h1-4,8,12,14,16-17,21,31H,5-7,9-11H2,(H2,25,29)(H2,26,30)(H,27,28)/t14?,16-,17+,21?,24?. The molecule has 31 heavy (non-hydrogen) atoms. The lowest BCUT2D eigenvalue weighted by Gasteiger charge is -2.58. The summed E-state index contributed by atoms with van der Waals surface area (Å²) in [6.45, 7) is 0. The van der Waals surface area contributed by atoms with Crippen LogP contribution in [0.4, 0.5) is 5.69 Å². The number of pyridine rings is 1. The number of carbonyl (C=O) groups is 2. The molecule has 0 saturated heterocycles. The van der Waals surface area contributed by atoms with Gasteiger partial charge in [-0.2, -0.15) is 0 Å². The highest BCUT2D eigenvalue weighted by molar-refractivity contribution is 5.98. The van der Waals surface area contributed by atoms with Crippen LogP contribution in [0.15, 0.2) is 36.5 Å². The van der Waals surface area contributed by atoms with Gasteiger partial charge in [0.15, 0.2) is 0 Å². The number of carbonyl (C=O) groups excluding carboxylic acids is 2. The van der Waals surface area contributed by atoms with E-state index in [1.54, 1.807) is 18.3 Å². The summed E-state index contributed by atoms with van der Waals surface area (Å²) in [6.07, 6.45) is 6.96. The summed E-state index contributed by atoms with van der Waals surface area (Å²) >= 11 is 0. The monoisotopic (exact) mass is 420 g/mol. The zero-order valence-electron chi connectivity index (χ0n) is 17.4. The van der Waals surface area contributed by atoms with E-state index in [9.17, 15) is 14.7 Å². The van der Waals surface area contributed by atoms with Crippen molar-refractivity contribution in [3.63, 3.8) is 0 Å². The van der Waals surface area contributed by atoms with E-state index in [0.717, 1.165) is 49.0 Å². The molecular formula is C24H28N4O3. The number of nitrogens with one attached hydrogen (secondary N) is 1. The fourth-order valence-corrected chi connectivity index (χ4v) is 6.30. The van der Waals surface area contributed by atoms with Crippen LogP contribution in [0.3, 0.4) is 0 Å². The SMILES string of the molecule is NC(=O)c1ccc(Cc2cc(NC3[C@@H]4CC5C[C@H]3CC(O)(C5)C4)c(C(N)=O)cn2)cc1. The van der Waals surface area contributed by atoms with Crippen LogP contribution in [-0.4, -0.2) is 33.5 Å². The normalized spacial score (nSPS) is 30.9. The summed E-state index contributed by atoms with van der Waals surface area (Å²) in [6, 6.07) is 9.26. The Hall–Kier alpha value is -2.93. The summed E-state index contributed by atoms with van der Waals surface area (Å²) < 4.78 is 0. The van der Waals surface area contributed by atoms with Gasteiger partial charge in [-0.25, -0.2) is 0 Å². The number of benzene rings is 1. The van der Waals surface area contributed by atoms with Gasteiger partial charge in [0.1, 0.15) is 0 Å². The molecule has 6 rings (SSSR count). The first-order chi connectivity index (χ1) is 14.8. The van der Waals surface area contributed by atoms with Crippen molar-refractivity contribution >= 4 is 17.5 Å². The van der Waals surface area contributed by atoms with Crippen molar-refractivity contribution in [3.05, 3.63) is 58.9 Å². The van der Waals surface area contributed by atoms with Crippen molar-refractivity contribution in [2.45, 2.75) is 50.2 Å². The molecular weight excluding hydrogens is 392 g/mol. The second-order valence-corrected chi connectivity index (χ2v) is 9.69. The van der Waals surface area contributed by atoms with Crippen LogP contribution in [-0.2, 0) is 6.42 Å². The predicted molar refractivity (Wildman–Crippen MR) is 116 cm³/mol. The van der Waals surface area contributed by atoms with Crippen molar-refractivity contribution in [2.24, 2.45) is 29.2 Å². The van der Waals surface area contributed by atoms with Crippen molar-refractivity contribution in [1.29, 1.82) is 0 Å². The smallest absolute Gasteiger partial charge is 0.252 e. The number of rotatable bonds is 6. The molecule has 162 valence electrons. The lowest BCUT2D eigenvalue weighted by Crippen LogP contribution is -2.59. The van der Waals surface area contributed by atoms with E-state index in [2.05, 4.69) is 10.3 Å². The largest absolute Gasteiger partial charge is 0.390 e.